The zero-order chi connectivity index (χ0) is 12.3. The van der Waals surface area contributed by atoms with Crippen LogP contribution in [0.1, 0.15) is 31.9 Å². The molecular weight excluding hydrogens is 247 g/mol. The van der Waals surface area contributed by atoms with Crippen molar-refractivity contribution in [1.82, 2.24) is 0 Å². The predicted molar refractivity (Wildman–Crippen MR) is 66.6 cm³/mol. The minimum atomic E-state index is -2.06. The lowest BCUT2D eigenvalue weighted by molar-refractivity contribution is 0.389. The summed E-state index contributed by atoms with van der Waals surface area (Å²) in [5.41, 5.74) is 2.10. The second kappa shape index (κ2) is 5.33. The van der Waals surface area contributed by atoms with E-state index in [9.17, 15) is 4.89 Å². The first-order chi connectivity index (χ1) is 7.34. The lowest BCUT2D eigenvalue weighted by atomic mass is 9.85. The monoisotopic (exact) mass is 262 g/mol. The molecule has 1 aromatic carbocycles. The van der Waals surface area contributed by atoms with Crippen LogP contribution in [0.5, 0.6) is 5.75 Å². The van der Waals surface area contributed by atoms with E-state index in [-0.39, 0.29) is 5.41 Å². The van der Waals surface area contributed by atoms with Gasteiger partial charge in [-0.2, -0.15) is 4.08 Å². The number of aryl methyl sites for hydroxylation is 1. The van der Waals surface area contributed by atoms with Crippen LogP contribution in [0.3, 0.4) is 0 Å². The Morgan fingerprint density at radius 3 is 2.44 bits per heavy atom. The fraction of sp³-hybridized carbons (Fsp3) is 0.455. The van der Waals surface area contributed by atoms with Crippen LogP contribution in [0.2, 0.25) is 0 Å². The van der Waals surface area contributed by atoms with E-state index < -0.39 is 8.60 Å². The highest BCUT2D eigenvalue weighted by molar-refractivity contribution is 7.42. The summed E-state index contributed by atoms with van der Waals surface area (Å²) in [6.07, 6.45) is 0. The number of halogens is 1. The summed E-state index contributed by atoms with van der Waals surface area (Å²) in [5, 5.41) is 0. The van der Waals surface area contributed by atoms with E-state index in [0.717, 1.165) is 11.1 Å². The molecule has 0 aromatic heterocycles. The highest BCUT2D eigenvalue weighted by Gasteiger charge is 2.21. The van der Waals surface area contributed by atoms with Gasteiger partial charge in [0.15, 0.2) is 0 Å². The van der Waals surface area contributed by atoms with Crippen molar-refractivity contribution in [1.29, 1.82) is 0 Å². The Morgan fingerprint density at radius 2 is 1.94 bits per heavy atom. The summed E-state index contributed by atoms with van der Waals surface area (Å²) in [4.78, 5) is 9.26. The number of rotatable bonds is 3. The Morgan fingerprint density at radius 1 is 1.31 bits per heavy atom. The third-order valence-corrected chi connectivity index (χ3v) is 3.00. The first-order valence-corrected chi connectivity index (χ1v) is 6.35. The third-order valence-electron chi connectivity index (χ3n) is 2.18. The average Bonchev–Trinajstić information content (AvgIpc) is 2.19. The first-order valence-electron chi connectivity index (χ1n) is 4.91. The average molecular weight is 263 g/mol. The molecule has 0 bridgehead atoms. The summed E-state index contributed by atoms with van der Waals surface area (Å²) in [6.45, 7) is 8.25. The highest BCUT2D eigenvalue weighted by atomic mass is 35.5. The predicted octanol–water partition coefficient (Wildman–Crippen LogP) is 4.06. The van der Waals surface area contributed by atoms with Crippen LogP contribution in [0.25, 0.3) is 0 Å². The van der Waals surface area contributed by atoms with Gasteiger partial charge in [-0.3, -0.25) is 0 Å². The zero-order valence-corrected chi connectivity index (χ0v) is 11.5. The van der Waals surface area contributed by atoms with Gasteiger partial charge in [0.1, 0.15) is 5.75 Å². The smallest absolute Gasteiger partial charge is 0.412 e. The minimum absolute atomic E-state index is 0.0656. The Bertz CT molecular complexity index is 363. The molecule has 0 aliphatic heterocycles. The molecule has 0 fully saturated rings. The van der Waals surface area contributed by atoms with Gasteiger partial charge in [-0.1, -0.05) is 38.5 Å². The molecule has 1 rings (SSSR count). The van der Waals surface area contributed by atoms with E-state index in [4.69, 9.17) is 16.4 Å². The molecule has 1 aromatic rings. The molecule has 0 aliphatic rings. The van der Waals surface area contributed by atoms with Crippen molar-refractivity contribution in [3.8, 4) is 5.75 Å². The van der Waals surface area contributed by atoms with Crippen molar-refractivity contribution in [2.24, 2.45) is 0 Å². The van der Waals surface area contributed by atoms with Gasteiger partial charge >= 0.3 is 8.60 Å². The Kier molecular flexibility index (Phi) is 4.57. The van der Waals surface area contributed by atoms with Crippen molar-refractivity contribution >= 4 is 20.5 Å². The molecule has 0 heterocycles. The highest BCUT2D eigenvalue weighted by Crippen LogP contribution is 2.41. The second-order valence-electron chi connectivity index (χ2n) is 4.65. The molecule has 90 valence electrons. The Balaban J connectivity index is 3.08. The largest absolute Gasteiger partial charge is 0.426 e. The van der Waals surface area contributed by atoms with Crippen LogP contribution in [0.15, 0.2) is 18.2 Å². The molecule has 0 aliphatic carbocycles. The summed E-state index contributed by atoms with van der Waals surface area (Å²) in [7, 11) is -2.06. The molecular formula is C11H16ClO3P. The van der Waals surface area contributed by atoms with E-state index >= 15 is 0 Å². The summed E-state index contributed by atoms with van der Waals surface area (Å²) >= 11 is 5.05. The molecule has 0 saturated carbocycles. The molecule has 0 saturated heterocycles. The quantitative estimate of drug-likeness (QED) is 0.835. The minimum Gasteiger partial charge on any atom is -0.426 e. The van der Waals surface area contributed by atoms with Gasteiger partial charge in [-0.15, -0.1) is 0 Å². The van der Waals surface area contributed by atoms with Gasteiger partial charge in [0.05, 0.1) is 11.9 Å². The van der Waals surface area contributed by atoms with Crippen molar-refractivity contribution in [3.05, 3.63) is 29.3 Å². The Labute approximate surface area is 103 Å². The first kappa shape index (κ1) is 13.7. The maximum Gasteiger partial charge on any atom is 0.412 e. The molecule has 0 amide bonds. The normalized spacial score (nSPS) is 13.6. The van der Waals surface area contributed by atoms with Crippen LogP contribution in [0.4, 0.5) is 0 Å². The summed E-state index contributed by atoms with van der Waals surface area (Å²) in [5.74, 6) is 0.604. The number of benzene rings is 1. The van der Waals surface area contributed by atoms with Crippen LogP contribution in [-0.2, 0) is 9.49 Å². The second-order valence-corrected chi connectivity index (χ2v) is 5.86. The molecule has 0 radical (unpaired) electrons. The summed E-state index contributed by atoms with van der Waals surface area (Å²) in [6, 6.07) is 5.77. The van der Waals surface area contributed by atoms with E-state index in [1.54, 1.807) is 0 Å². The van der Waals surface area contributed by atoms with Crippen LogP contribution in [-0.4, -0.2) is 4.89 Å². The molecule has 5 heteroatoms. The topological polar surface area (TPSA) is 38.7 Å². The van der Waals surface area contributed by atoms with E-state index in [0.29, 0.717) is 5.75 Å². The van der Waals surface area contributed by atoms with Crippen molar-refractivity contribution in [3.63, 3.8) is 0 Å². The zero-order valence-electron chi connectivity index (χ0n) is 9.82. The maximum absolute atomic E-state index is 9.26. The lowest BCUT2D eigenvalue weighted by Gasteiger charge is -2.23. The van der Waals surface area contributed by atoms with Gasteiger partial charge < -0.3 is 9.42 Å². The van der Waals surface area contributed by atoms with Gasteiger partial charge in [0, 0.05) is 5.56 Å². The fourth-order valence-corrected chi connectivity index (χ4v) is 1.85. The molecule has 0 spiro atoms. The van der Waals surface area contributed by atoms with Crippen LogP contribution >= 0.6 is 20.5 Å². The maximum atomic E-state index is 9.26. The number of hydrogen-bond donors (Lipinski definition) is 1. The standard InChI is InChI=1S/C11H16ClO3P/c1-8-5-6-10(14-16(13)15-12)9(7-8)11(2,3)4/h5-7,13H,1-4H3. The van der Waals surface area contributed by atoms with Crippen LogP contribution < -0.4 is 4.52 Å². The third kappa shape index (κ3) is 3.60. The van der Waals surface area contributed by atoms with Gasteiger partial charge in [0.2, 0.25) is 0 Å². The molecule has 3 nitrogen and oxygen atoms in total. The van der Waals surface area contributed by atoms with Crippen molar-refractivity contribution in [2.75, 3.05) is 0 Å². The van der Waals surface area contributed by atoms with E-state index in [2.05, 4.69) is 24.8 Å². The SMILES string of the molecule is Cc1ccc(OP(O)OCl)c(C(C)(C)C)c1. The van der Waals surface area contributed by atoms with Gasteiger partial charge in [0.25, 0.3) is 0 Å². The van der Waals surface area contributed by atoms with Gasteiger partial charge in [-0.25, -0.2) is 0 Å². The summed E-state index contributed by atoms with van der Waals surface area (Å²) < 4.78 is 9.46. The van der Waals surface area contributed by atoms with Crippen LogP contribution in [0, 0.1) is 6.92 Å². The van der Waals surface area contributed by atoms with E-state index in [1.807, 2.05) is 25.1 Å². The van der Waals surface area contributed by atoms with E-state index in [1.165, 1.54) is 0 Å². The van der Waals surface area contributed by atoms with Crippen molar-refractivity contribution < 1.29 is 13.5 Å². The molecule has 1 N–H and O–H groups in total. The Hall–Kier alpha value is -0.340. The number of hydrogen-bond acceptors (Lipinski definition) is 3. The van der Waals surface area contributed by atoms with Gasteiger partial charge in [-0.05, 0) is 18.4 Å². The molecule has 1 atom stereocenters. The molecule has 16 heavy (non-hydrogen) atoms. The molecule has 1 unspecified atom stereocenters. The van der Waals surface area contributed by atoms with Crippen molar-refractivity contribution in [2.45, 2.75) is 33.1 Å². The lowest BCUT2D eigenvalue weighted by Crippen LogP contribution is -2.13. The fourth-order valence-electron chi connectivity index (χ4n) is 1.41.